The maximum atomic E-state index is 12.0. The molecule has 8 heteroatoms. The van der Waals surface area contributed by atoms with Gasteiger partial charge in [-0.25, -0.2) is 9.78 Å². The summed E-state index contributed by atoms with van der Waals surface area (Å²) >= 11 is 0. The lowest BCUT2D eigenvalue weighted by atomic mass is 10.0. The van der Waals surface area contributed by atoms with Gasteiger partial charge in [0.1, 0.15) is 5.82 Å². The molecule has 0 aliphatic carbocycles. The predicted octanol–water partition coefficient (Wildman–Crippen LogP) is 3.81. The summed E-state index contributed by atoms with van der Waals surface area (Å²) in [4.78, 5) is 33.5. The van der Waals surface area contributed by atoms with Crippen molar-refractivity contribution in [3.05, 3.63) is 77.3 Å². The van der Waals surface area contributed by atoms with Gasteiger partial charge in [-0.2, -0.15) is 4.98 Å². The highest BCUT2D eigenvalue weighted by molar-refractivity contribution is 5.93. The van der Waals surface area contributed by atoms with Gasteiger partial charge in [-0.3, -0.25) is 4.79 Å². The Balaban J connectivity index is 1.64. The topological polar surface area (TPSA) is 100 Å². The van der Waals surface area contributed by atoms with E-state index in [1.807, 2.05) is 55.5 Å². The molecule has 2 aromatic carbocycles. The molecule has 0 aliphatic heterocycles. The van der Waals surface area contributed by atoms with Crippen molar-refractivity contribution in [2.45, 2.75) is 13.3 Å². The van der Waals surface area contributed by atoms with Gasteiger partial charge in [0.05, 0.1) is 5.39 Å². The quantitative estimate of drug-likeness (QED) is 0.481. The standard InChI is InChI=1S/C23H21N5O3/c1-3-20(29)27(2)18-11-9-15(10-12-18)16-6-4-7-17(14-16)25-21-19-8-5-13-24-22(19)28(31)23(30)26-21/h4-14,31H,3H2,1-2H3,(H,25,26,30). The molecule has 2 aromatic heterocycles. The maximum absolute atomic E-state index is 12.0. The number of fused-ring (bicyclic) bond motifs is 1. The molecule has 0 fully saturated rings. The van der Waals surface area contributed by atoms with Gasteiger partial charge in [-0.1, -0.05) is 31.2 Å². The number of pyridine rings is 1. The molecule has 0 spiro atoms. The first kappa shape index (κ1) is 20.1. The van der Waals surface area contributed by atoms with Gasteiger partial charge >= 0.3 is 5.69 Å². The van der Waals surface area contributed by atoms with Crippen LogP contribution in [0, 0.1) is 0 Å². The van der Waals surface area contributed by atoms with E-state index in [1.54, 1.807) is 24.1 Å². The van der Waals surface area contributed by atoms with Crippen LogP contribution in [0.4, 0.5) is 17.2 Å². The smallest absolute Gasteiger partial charge is 0.384 e. The third-order valence-corrected chi connectivity index (χ3v) is 5.02. The lowest BCUT2D eigenvalue weighted by Crippen LogP contribution is -2.24. The van der Waals surface area contributed by atoms with Gasteiger partial charge in [0.15, 0.2) is 5.65 Å². The molecule has 0 saturated heterocycles. The van der Waals surface area contributed by atoms with Crippen LogP contribution in [0.25, 0.3) is 22.2 Å². The Labute approximate surface area is 178 Å². The zero-order chi connectivity index (χ0) is 22.0. The van der Waals surface area contributed by atoms with Gasteiger partial charge in [0.2, 0.25) is 5.91 Å². The second kappa shape index (κ2) is 8.27. The molecule has 0 atom stereocenters. The number of nitrogens with zero attached hydrogens (tertiary/aromatic N) is 4. The first-order valence-electron chi connectivity index (χ1n) is 9.79. The van der Waals surface area contributed by atoms with E-state index in [9.17, 15) is 14.8 Å². The van der Waals surface area contributed by atoms with E-state index in [-0.39, 0.29) is 11.6 Å². The highest BCUT2D eigenvalue weighted by Crippen LogP contribution is 2.27. The normalized spacial score (nSPS) is 10.8. The average Bonchev–Trinajstić information content (AvgIpc) is 2.81. The van der Waals surface area contributed by atoms with E-state index in [4.69, 9.17) is 0 Å². The van der Waals surface area contributed by atoms with Gasteiger partial charge in [0, 0.05) is 31.0 Å². The Morgan fingerprint density at radius 1 is 1.10 bits per heavy atom. The van der Waals surface area contributed by atoms with Crippen LogP contribution in [0.5, 0.6) is 0 Å². The van der Waals surface area contributed by atoms with Crippen LogP contribution in [0.1, 0.15) is 13.3 Å². The molecular weight excluding hydrogens is 394 g/mol. The number of carbonyl (C=O) groups is 1. The fourth-order valence-electron chi connectivity index (χ4n) is 3.31. The van der Waals surface area contributed by atoms with E-state index in [1.165, 1.54) is 6.20 Å². The molecule has 1 amide bonds. The SMILES string of the molecule is CCC(=O)N(C)c1ccc(-c2cccc(Nc3nc(=O)n(O)c4ncccc34)c2)cc1. The predicted molar refractivity (Wildman–Crippen MR) is 120 cm³/mol. The number of rotatable bonds is 5. The van der Waals surface area contributed by atoms with E-state index < -0.39 is 5.69 Å². The van der Waals surface area contributed by atoms with Crippen molar-refractivity contribution in [2.24, 2.45) is 0 Å². The lowest BCUT2D eigenvalue weighted by molar-refractivity contribution is -0.118. The molecule has 0 bridgehead atoms. The number of benzene rings is 2. The second-order valence-corrected chi connectivity index (χ2v) is 6.99. The average molecular weight is 415 g/mol. The summed E-state index contributed by atoms with van der Waals surface area (Å²) in [5.41, 5.74) is 2.81. The van der Waals surface area contributed by atoms with Crippen LogP contribution in [0.15, 0.2) is 71.7 Å². The summed E-state index contributed by atoms with van der Waals surface area (Å²) < 4.78 is 0.429. The minimum atomic E-state index is -0.814. The summed E-state index contributed by atoms with van der Waals surface area (Å²) in [6.45, 7) is 1.84. The van der Waals surface area contributed by atoms with Crippen LogP contribution in [-0.2, 0) is 4.79 Å². The number of carbonyl (C=O) groups excluding carboxylic acids is 1. The van der Waals surface area contributed by atoms with Crippen LogP contribution in [-0.4, -0.2) is 32.9 Å². The van der Waals surface area contributed by atoms with Crippen LogP contribution in [0.2, 0.25) is 0 Å². The third-order valence-electron chi connectivity index (χ3n) is 5.02. The van der Waals surface area contributed by atoms with Gasteiger partial charge in [-0.05, 0) is 47.5 Å². The van der Waals surface area contributed by atoms with Gasteiger partial charge < -0.3 is 15.4 Å². The minimum absolute atomic E-state index is 0.0537. The summed E-state index contributed by atoms with van der Waals surface area (Å²) in [6, 6.07) is 18.8. The van der Waals surface area contributed by atoms with Gasteiger partial charge in [0.25, 0.3) is 0 Å². The molecule has 4 aromatic rings. The van der Waals surface area contributed by atoms with Crippen molar-refractivity contribution in [1.82, 2.24) is 14.7 Å². The molecule has 2 N–H and O–H groups in total. The summed E-state index contributed by atoms with van der Waals surface area (Å²) in [6.07, 6.45) is 1.94. The molecule has 0 saturated carbocycles. The second-order valence-electron chi connectivity index (χ2n) is 6.99. The van der Waals surface area contributed by atoms with Crippen molar-refractivity contribution < 1.29 is 10.0 Å². The largest absolute Gasteiger partial charge is 0.422 e. The first-order chi connectivity index (χ1) is 15.0. The van der Waals surface area contributed by atoms with Crippen molar-refractivity contribution in [3.63, 3.8) is 0 Å². The monoisotopic (exact) mass is 415 g/mol. The number of anilines is 3. The Hall–Kier alpha value is -4.20. The number of amides is 1. The van der Waals surface area contributed by atoms with E-state index in [2.05, 4.69) is 15.3 Å². The molecular formula is C23H21N5O3. The first-order valence-corrected chi connectivity index (χ1v) is 9.79. The molecule has 2 heterocycles. The zero-order valence-electron chi connectivity index (χ0n) is 17.1. The fourth-order valence-corrected chi connectivity index (χ4v) is 3.31. The highest BCUT2D eigenvalue weighted by Gasteiger charge is 2.12. The zero-order valence-corrected chi connectivity index (χ0v) is 17.1. The summed E-state index contributed by atoms with van der Waals surface area (Å²) in [5, 5.41) is 13.5. The Kier molecular flexibility index (Phi) is 5.36. The third kappa shape index (κ3) is 3.95. The molecule has 0 aliphatic rings. The molecule has 31 heavy (non-hydrogen) atoms. The summed E-state index contributed by atoms with van der Waals surface area (Å²) in [7, 11) is 1.76. The van der Waals surface area contributed by atoms with E-state index >= 15 is 0 Å². The number of hydrogen-bond donors (Lipinski definition) is 2. The molecule has 0 radical (unpaired) electrons. The number of nitrogens with one attached hydrogen (secondary N) is 1. The summed E-state index contributed by atoms with van der Waals surface area (Å²) in [5.74, 6) is 0.364. The lowest BCUT2D eigenvalue weighted by Gasteiger charge is -2.17. The maximum Gasteiger partial charge on any atom is 0.384 e. The Morgan fingerprint density at radius 3 is 2.61 bits per heavy atom. The fraction of sp³-hybridized carbons (Fsp3) is 0.130. The molecule has 0 unspecified atom stereocenters. The number of aromatic nitrogens is 3. The van der Waals surface area contributed by atoms with Crippen LogP contribution in [0.3, 0.4) is 0 Å². The van der Waals surface area contributed by atoms with Crippen molar-refractivity contribution in [1.29, 1.82) is 0 Å². The Morgan fingerprint density at radius 2 is 1.87 bits per heavy atom. The van der Waals surface area contributed by atoms with E-state index in [0.29, 0.717) is 22.4 Å². The molecule has 156 valence electrons. The van der Waals surface area contributed by atoms with Crippen molar-refractivity contribution in [2.75, 3.05) is 17.3 Å². The van der Waals surface area contributed by atoms with Crippen molar-refractivity contribution in [3.8, 4) is 11.1 Å². The van der Waals surface area contributed by atoms with Crippen LogP contribution >= 0.6 is 0 Å². The van der Waals surface area contributed by atoms with Gasteiger partial charge in [-0.15, -0.1) is 4.73 Å². The van der Waals surface area contributed by atoms with Crippen molar-refractivity contribution >= 4 is 34.1 Å². The molecule has 4 rings (SSSR count). The van der Waals surface area contributed by atoms with Crippen LogP contribution < -0.4 is 15.9 Å². The number of hydrogen-bond acceptors (Lipinski definition) is 6. The minimum Gasteiger partial charge on any atom is -0.422 e. The molecule has 8 nitrogen and oxygen atoms in total. The van der Waals surface area contributed by atoms with E-state index in [0.717, 1.165) is 22.5 Å². The Bertz CT molecular complexity index is 1320. The highest BCUT2D eigenvalue weighted by atomic mass is 16.5.